The van der Waals surface area contributed by atoms with E-state index in [4.69, 9.17) is 4.74 Å². The van der Waals surface area contributed by atoms with Crippen molar-refractivity contribution in [3.63, 3.8) is 0 Å². The minimum Gasteiger partial charge on any atom is -0.457 e. The van der Waals surface area contributed by atoms with Gasteiger partial charge in [0.15, 0.2) is 0 Å². The molecule has 0 aromatic carbocycles. The highest BCUT2D eigenvalue weighted by Gasteiger charge is 2.22. The molecule has 0 saturated carbocycles. The van der Waals surface area contributed by atoms with E-state index in [1.807, 2.05) is 13.8 Å². The van der Waals surface area contributed by atoms with E-state index in [-0.39, 0.29) is 5.60 Å². The maximum atomic E-state index is 5.86. The summed E-state index contributed by atoms with van der Waals surface area (Å²) >= 11 is 0. The van der Waals surface area contributed by atoms with Crippen LogP contribution in [-0.2, 0) is 0 Å². The van der Waals surface area contributed by atoms with E-state index < -0.39 is 0 Å². The lowest BCUT2D eigenvalue weighted by molar-refractivity contribution is 0.0925. The summed E-state index contributed by atoms with van der Waals surface area (Å²) in [5.41, 5.74) is -0.269. The number of hydrogen-bond acceptors (Lipinski definition) is 6. The summed E-state index contributed by atoms with van der Waals surface area (Å²) in [6, 6.07) is 0.396. The zero-order chi connectivity index (χ0) is 13.9. The average molecular weight is 265 g/mol. The van der Waals surface area contributed by atoms with Gasteiger partial charge in [-0.3, -0.25) is 0 Å². The lowest BCUT2D eigenvalue weighted by atomic mass is 10.1. The number of rotatable bonds is 5. The first-order valence-electron chi connectivity index (χ1n) is 6.92. The largest absolute Gasteiger partial charge is 0.457 e. The summed E-state index contributed by atoms with van der Waals surface area (Å²) in [7, 11) is 1.80. The molecule has 1 saturated heterocycles. The van der Waals surface area contributed by atoms with Crippen LogP contribution in [0.1, 0.15) is 40.0 Å². The van der Waals surface area contributed by atoms with Crippen molar-refractivity contribution in [2.75, 3.05) is 30.4 Å². The number of hydrogen-bond donors (Lipinski definition) is 1. The molecule has 0 aliphatic carbocycles. The van der Waals surface area contributed by atoms with E-state index in [9.17, 15) is 0 Å². The van der Waals surface area contributed by atoms with Crippen LogP contribution in [0, 0.1) is 0 Å². The third-order valence-corrected chi connectivity index (χ3v) is 3.43. The van der Waals surface area contributed by atoms with Gasteiger partial charge >= 0.3 is 6.01 Å². The smallest absolute Gasteiger partial charge is 0.323 e. The molecule has 1 aromatic rings. The fraction of sp³-hybridized carbons (Fsp3) is 0.769. The van der Waals surface area contributed by atoms with Gasteiger partial charge < -0.3 is 15.0 Å². The molecule has 1 aliphatic rings. The van der Waals surface area contributed by atoms with E-state index in [1.165, 1.54) is 12.8 Å². The fourth-order valence-corrected chi connectivity index (χ4v) is 1.88. The lowest BCUT2D eigenvalue weighted by Gasteiger charge is -2.24. The molecule has 0 atom stereocenters. The molecular formula is C13H23N5O. The van der Waals surface area contributed by atoms with Crippen LogP contribution in [0.2, 0.25) is 0 Å². The maximum Gasteiger partial charge on any atom is 0.323 e. The van der Waals surface area contributed by atoms with Gasteiger partial charge in [0.25, 0.3) is 0 Å². The molecule has 6 heteroatoms. The summed E-state index contributed by atoms with van der Waals surface area (Å²) < 4.78 is 5.86. The van der Waals surface area contributed by atoms with Crippen LogP contribution in [0.5, 0.6) is 6.01 Å². The molecule has 2 rings (SSSR count). The Morgan fingerprint density at radius 3 is 2.47 bits per heavy atom. The van der Waals surface area contributed by atoms with Crippen molar-refractivity contribution >= 4 is 11.9 Å². The van der Waals surface area contributed by atoms with E-state index in [2.05, 4.69) is 32.1 Å². The van der Waals surface area contributed by atoms with Crippen molar-refractivity contribution in [3.05, 3.63) is 0 Å². The van der Waals surface area contributed by atoms with Gasteiger partial charge in [0.1, 0.15) is 5.60 Å². The molecular weight excluding hydrogens is 242 g/mol. The van der Waals surface area contributed by atoms with Gasteiger partial charge in [0.05, 0.1) is 0 Å². The first-order chi connectivity index (χ1) is 9.04. The molecule has 1 aromatic heterocycles. The highest BCUT2D eigenvalue weighted by atomic mass is 16.5. The Bertz CT molecular complexity index is 429. The second-order valence-electron chi connectivity index (χ2n) is 5.40. The van der Waals surface area contributed by atoms with Crippen LogP contribution in [-0.4, -0.2) is 40.7 Å². The summed E-state index contributed by atoms with van der Waals surface area (Å²) in [6.45, 7) is 8.16. The number of ether oxygens (including phenoxy) is 1. The van der Waals surface area contributed by atoms with E-state index >= 15 is 0 Å². The molecule has 19 heavy (non-hydrogen) atoms. The molecule has 0 radical (unpaired) electrons. The summed E-state index contributed by atoms with van der Waals surface area (Å²) in [6.07, 6.45) is 3.28. The van der Waals surface area contributed by atoms with Crippen LogP contribution in [0.3, 0.4) is 0 Å². The van der Waals surface area contributed by atoms with Crippen molar-refractivity contribution in [2.45, 2.75) is 45.6 Å². The zero-order valence-corrected chi connectivity index (χ0v) is 12.2. The first-order valence-corrected chi connectivity index (χ1v) is 6.92. The Morgan fingerprint density at radius 2 is 1.89 bits per heavy atom. The third-order valence-electron chi connectivity index (χ3n) is 3.43. The molecule has 0 amide bonds. The van der Waals surface area contributed by atoms with Gasteiger partial charge in [-0.05, 0) is 33.1 Å². The van der Waals surface area contributed by atoms with Gasteiger partial charge in [-0.15, -0.1) is 0 Å². The Morgan fingerprint density at radius 1 is 1.21 bits per heavy atom. The Balaban J connectivity index is 2.25. The first kappa shape index (κ1) is 13.8. The van der Waals surface area contributed by atoms with Crippen LogP contribution in [0.15, 0.2) is 0 Å². The summed E-state index contributed by atoms with van der Waals surface area (Å²) in [5.74, 6) is 1.26. The van der Waals surface area contributed by atoms with Crippen LogP contribution in [0.4, 0.5) is 11.9 Å². The quantitative estimate of drug-likeness (QED) is 0.879. The van der Waals surface area contributed by atoms with Crippen molar-refractivity contribution in [1.29, 1.82) is 0 Å². The minimum atomic E-state index is -0.269. The standard InChI is InChI=1S/C13H23N5O/c1-5-13(2,3)19-12-16-10(14-4)15-11(17-12)18-8-6-7-9-18/h5-9H2,1-4H3,(H,14,15,16,17). The third kappa shape index (κ3) is 3.45. The zero-order valence-electron chi connectivity index (χ0n) is 12.2. The topological polar surface area (TPSA) is 63.2 Å². The van der Waals surface area contributed by atoms with Gasteiger partial charge in [0.2, 0.25) is 11.9 Å². The van der Waals surface area contributed by atoms with E-state index in [0.717, 1.165) is 19.5 Å². The van der Waals surface area contributed by atoms with Crippen molar-refractivity contribution < 1.29 is 4.74 Å². The fourth-order valence-electron chi connectivity index (χ4n) is 1.88. The Labute approximate surface area is 114 Å². The molecule has 1 fully saturated rings. The van der Waals surface area contributed by atoms with Gasteiger partial charge in [-0.1, -0.05) is 6.92 Å². The Hall–Kier alpha value is -1.59. The molecule has 6 nitrogen and oxygen atoms in total. The predicted molar refractivity (Wildman–Crippen MR) is 75.8 cm³/mol. The van der Waals surface area contributed by atoms with Crippen molar-refractivity contribution in [3.8, 4) is 6.01 Å². The molecule has 0 spiro atoms. The monoisotopic (exact) mass is 265 g/mol. The average Bonchev–Trinajstić information content (AvgIpc) is 2.91. The second-order valence-corrected chi connectivity index (χ2v) is 5.40. The molecule has 1 N–H and O–H groups in total. The van der Waals surface area contributed by atoms with E-state index in [1.54, 1.807) is 7.05 Å². The van der Waals surface area contributed by atoms with Gasteiger partial charge in [-0.2, -0.15) is 15.0 Å². The van der Waals surface area contributed by atoms with Gasteiger partial charge in [0, 0.05) is 20.1 Å². The molecule has 1 aliphatic heterocycles. The second kappa shape index (κ2) is 5.59. The van der Waals surface area contributed by atoms with Crippen LogP contribution in [0.25, 0.3) is 0 Å². The highest BCUT2D eigenvalue weighted by molar-refractivity contribution is 5.38. The summed E-state index contributed by atoms with van der Waals surface area (Å²) in [5, 5.41) is 2.97. The molecule has 0 unspecified atom stereocenters. The number of aromatic nitrogens is 3. The molecule has 106 valence electrons. The van der Waals surface area contributed by atoms with Crippen LogP contribution >= 0.6 is 0 Å². The van der Waals surface area contributed by atoms with Crippen LogP contribution < -0.4 is 15.0 Å². The van der Waals surface area contributed by atoms with E-state index in [0.29, 0.717) is 17.9 Å². The summed E-state index contributed by atoms with van der Waals surface area (Å²) in [4.78, 5) is 15.3. The minimum absolute atomic E-state index is 0.269. The number of nitrogens with one attached hydrogen (secondary N) is 1. The van der Waals surface area contributed by atoms with Gasteiger partial charge in [-0.25, -0.2) is 0 Å². The highest BCUT2D eigenvalue weighted by Crippen LogP contribution is 2.22. The molecule has 0 bridgehead atoms. The number of nitrogens with zero attached hydrogens (tertiary/aromatic N) is 4. The Kier molecular flexibility index (Phi) is 4.07. The lowest BCUT2D eigenvalue weighted by Crippen LogP contribution is -2.29. The number of anilines is 2. The molecule has 2 heterocycles. The van der Waals surface area contributed by atoms with Crippen molar-refractivity contribution in [1.82, 2.24) is 15.0 Å². The predicted octanol–water partition coefficient (Wildman–Crippen LogP) is 2.08. The normalized spacial score (nSPS) is 15.7. The SMILES string of the molecule is CCC(C)(C)Oc1nc(NC)nc(N2CCCC2)n1. The maximum absolute atomic E-state index is 5.86. The van der Waals surface area contributed by atoms with Crippen molar-refractivity contribution in [2.24, 2.45) is 0 Å².